The van der Waals surface area contributed by atoms with E-state index in [4.69, 9.17) is 10.5 Å². The topological polar surface area (TPSA) is 35.2 Å². The Morgan fingerprint density at radius 2 is 2.23 bits per heavy atom. The monoisotopic (exact) mass is 183 g/mol. The average Bonchev–Trinajstić information content (AvgIpc) is 2.74. The minimum atomic E-state index is 0.249. The zero-order chi connectivity index (χ0) is 9.31. The Kier molecular flexibility index (Phi) is 2.61. The second kappa shape index (κ2) is 3.58. The molecule has 0 amide bonds. The van der Waals surface area contributed by atoms with Crippen LogP contribution >= 0.6 is 0 Å². The van der Waals surface area contributed by atoms with Crippen LogP contribution in [0.1, 0.15) is 45.4 Å². The van der Waals surface area contributed by atoms with E-state index < -0.39 is 0 Å². The van der Waals surface area contributed by atoms with E-state index in [0.717, 1.165) is 5.92 Å². The van der Waals surface area contributed by atoms with Gasteiger partial charge < -0.3 is 10.5 Å². The highest BCUT2D eigenvalue weighted by atomic mass is 16.5. The maximum atomic E-state index is 6.14. The first-order chi connectivity index (χ1) is 6.30. The van der Waals surface area contributed by atoms with Gasteiger partial charge in [-0.25, -0.2) is 0 Å². The van der Waals surface area contributed by atoms with Crippen molar-refractivity contribution in [1.29, 1.82) is 0 Å². The van der Waals surface area contributed by atoms with E-state index >= 15 is 0 Å². The van der Waals surface area contributed by atoms with E-state index in [9.17, 15) is 0 Å². The number of nitrogens with two attached hydrogens (primary N) is 1. The largest absolute Gasteiger partial charge is 0.370 e. The second-order valence-corrected chi connectivity index (χ2v) is 4.58. The van der Waals surface area contributed by atoms with Crippen LogP contribution in [-0.4, -0.2) is 18.2 Å². The smallest absolute Gasteiger partial charge is 0.0715 e. The molecule has 0 radical (unpaired) electrons. The predicted molar refractivity (Wildman–Crippen MR) is 53.5 cm³/mol. The number of rotatable bonds is 2. The van der Waals surface area contributed by atoms with Crippen LogP contribution in [0, 0.1) is 5.92 Å². The molecular formula is C11H21NO. The van der Waals surface area contributed by atoms with Crippen LogP contribution in [0.5, 0.6) is 0 Å². The molecule has 1 spiro atoms. The summed E-state index contributed by atoms with van der Waals surface area (Å²) < 4.78 is 6.14. The molecule has 0 aromatic carbocycles. The molecule has 76 valence electrons. The van der Waals surface area contributed by atoms with Gasteiger partial charge in [0.2, 0.25) is 0 Å². The minimum Gasteiger partial charge on any atom is -0.370 e. The molecule has 13 heavy (non-hydrogen) atoms. The number of hydrogen-bond donors (Lipinski definition) is 1. The quantitative estimate of drug-likeness (QED) is 0.711. The fraction of sp³-hybridized carbons (Fsp3) is 1.00. The zero-order valence-electron chi connectivity index (χ0n) is 8.59. The van der Waals surface area contributed by atoms with Crippen LogP contribution in [-0.2, 0) is 4.74 Å². The molecule has 2 nitrogen and oxygen atoms in total. The van der Waals surface area contributed by atoms with Crippen molar-refractivity contribution in [2.75, 3.05) is 6.54 Å². The van der Waals surface area contributed by atoms with Crippen LogP contribution in [0.2, 0.25) is 0 Å². The lowest BCUT2D eigenvalue weighted by Crippen LogP contribution is -2.34. The van der Waals surface area contributed by atoms with Gasteiger partial charge in [-0.05, 0) is 31.6 Å². The van der Waals surface area contributed by atoms with Gasteiger partial charge in [-0.3, -0.25) is 0 Å². The third-order valence-electron chi connectivity index (χ3n) is 3.94. The summed E-state index contributed by atoms with van der Waals surface area (Å²) in [4.78, 5) is 0. The summed E-state index contributed by atoms with van der Waals surface area (Å²) in [6.45, 7) is 3.00. The molecule has 0 bridgehead atoms. The van der Waals surface area contributed by atoms with Gasteiger partial charge in [0.1, 0.15) is 0 Å². The van der Waals surface area contributed by atoms with Gasteiger partial charge in [-0.2, -0.15) is 0 Å². The molecule has 1 aliphatic heterocycles. The van der Waals surface area contributed by atoms with Gasteiger partial charge in [0.25, 0.3) is 0 Å². The second-order valence-electron chi connectivity index (χ2n) is 4.58. The van der Waals surface area contributed by atoms with E-state index in [1.807, 2.05) is 0 Å². The van der Waals surface area contributed by atoms with E-state index in [-0.39, 0.29) is 5.60 Å². The molecule has 2 N–H and O–H groups in total. The third kappa shape index (κ3) is 1.50. The first-order valence-electron chi connectivity index (χ1n) is 5.68. The van der Waals surface area contributed by atoms with Crippen molar-refractivity contribution in [3.63, 3.8) is 0 Å². The van der Waals surface area contributed by atoms with Crippen molar-refractivity contribution in [3.8, 4) is 0 Å². The van der Waals surface area contributed by atoms with Crippen LogP contribution in [0.3, 0.4) is 0 Å². The third-order valence-corrected chi connectivity index (χ3v) is 3.94. The van der Waals surface area contributed by atoms with Crippen molar-refractivity contribution < 1.29 is 4.74 Å². The number of hydrogen-bond acceptors (Lipinski definition) is 2. The summed E-state index contributed by atoms with van der Waals surface area (Å²) in [5, 5.41) is 0. The number of ether oxygens (including phenoxy) is 1. The summed E-state index contributed by atoms with van der Waals surface area (Å²) >= 11 is 0. The standard InChI is InChI=1S/C11H21NO/c1-2-9-4-3-6-11(9)7-5-10(8-12)13-11/h9-10H,2-8,12H2,1H3. The first-order valence-corrected chi connectivity index (χ1v) is 5.68. The molecule has 2 rings (SSSR count). The highest BCUT2D eigenvalue weighted by Crippen LogP contribution is 2.48. The molecule has 1 aliphatic carbocycles. The van der Waals surface area contributed by atoms with Gasteiger partial charge in [0.15, 0.2) is 0 Å². The van der Waals surface area contributed by atoms with Gasteiger partial charge in [0, 0.05) is 6.54 Å². The minimum absolute atomic E-state index is 0.249. The van der Waals surface area contributed by atoms with E-state index in [2.05, 4.69) is 6.92 Å². The fourth-order valence-electron chi connectivity index (χ4n) is 3.20. The van der Waals surface area contributed by atoms with Gasteiger partial charge in [-0.1, -0.05) is 19.8 Å². The fourth-order valence-corrected chi connectivity index (χ4v) is 3.20. The molecule has 1 heterocycles. The Hall–Kier alpha value is -0.0800. The summed E-state index contributed by atoms with van der Waals surface area (Å²) in [5.41, 5.74) is 5.90. The Bertz CT molecular complexity index is 183. The summed E-state index contributed by atoms with van der Waals surface area (Å²) in [7, 11) is 0. The molecule has 3 atom stereocenters. The van der Waals surface area contributed by atoms with Gasteiger partial charge in [0.05, 0.1) is 11.7 Å². The first kappa shape index (κ1) is 9.47. The predicted octanol–water partition coefficient (Wildman–Crippen LogP) is 2.07. The summed E-state index contributed by atoms with van der Waals surface area (Å²) in [6, 6.07) is 0. The molecule has 1 saturated carbocycles. The Morgan fingerprint density at radius 3 is 2.85 bits per heavy atom. The van der Waals surface area contributed by atoms with Crippen LogP contribution in [0.15, 0.2) is 0 Å². The summed E-state index contributed by atoms with van der Waals surface area (Å²) in [6.07, 6.45) is 8.08. The highest BCUT2D eigenvalue weighted by molar-refractivity contribution is 4.98. The average molecular weight is 183 g/mol. The van der Waals surface area contributed by atoms with E-state index in [1.54, 1.807) is 0 Å². The molecule has 2 aliphatic rings. The highest BCUT2D eigenvalue weighted by Gasteiger charge is 2.47. The van der Waals surface area contributed by atoms with Crippen LogP contribution < -0.4 is 5.73 Å². The van der Waals surface area contributed by atoms with Crippen molar-refractivity contribution in [2.24, 2.45) is 11.7 Å². The lowest BCUT2D eigenvalue weighted by molar-refractivity contribution is -0.0632. The Labute approximate surface area is 80.8 Å². The molecule has 0 aromatic rings. The summed E-state index contributed by atoms with van der Waals surface area (Å²) in [5.74, 6) is 0.809. The SMILES string of the molecule is CCC1CCCC12CCC(CN)O2. The van der Waals surface area contributed by atoms with E-state index in [0.29, 0.717) is 12.6 Å². The maximum Gasteiger partial charge on any atom is 0.0715 e. The molecule has 2 heteroatoms. The van der Waals surface area contributed by atoms with Crippen molar-refractivity contribution in [1.82, 2.24) is 0 Å². The van der Waals surface area contributed by atoms with Crippen molar-refractivity contribution in [3.05, 3.63) is 0 Å². The lowest BCUT2D eigenvalue weighted by atomic mass is 9.86. The molecule has 1 saturated heterocycles. The normalized spacial score (nSPS) is 44.8. The van der Waals surface area contributed by atoms with Gasteiger partial charge >= 0.3 is 0 Å². The molecule has 2 fully saturated rings. The maximum absolute atomic E-state index is 6.14. The van der Waals surface area contributed by atoms with Crippen LogP contribution in [0.4, 0.5) is 0 Å². The molecule has 3 unspecified atom stereocenters. The van der Waals surface area contributed by atoms with Crippen LogP contribution in [0.25, 0.3) is 0 Å². The lowest BCUT2D eigenvalue weighted by Gasteiger charge is -2.30. The molecule has 0 aromatic heterocycles. The van der Waals surface area contributed by atoms with E-state index in [1.165, 1.54) is 38.5 Å². The van der Waals surface area contributed by atoms with Crippen molar-refractivity contribution in [2.45, 2.75) is 57.2 Å². The zero-order valence-corrected chi connectivity index (χ0v) is 8.59. The van der Waals surface area contributed by atoms with Gasteiger partial charge in [-0.15, -0.1) is 0 Å². The Morgan fingerprint density at radius 1 is 1.38 bits per heavy atom. The van der Waals surface area contributed by atoms with Crippen molar-refractivity contribution >= 4 is 0 Å². The molecular weight excluding hydrogens is 162 g/mol. The Balaban J connectivity index is 2.04.